The van der Waals surface area contributed by atoms with Crippen LogP contribution >= 0.6 is 33.0 Å². The number of hydrogen-bond donors (Lipinski definition) is 0. The third kappa shape index (κ3) is 1.52. The fourth-order valence-electron chi connectivity index (χ4n) is 1.22. The van der Waals surface area contributed by atoms with Gasteiger partial charge in [0.25, 0.3) is 0 Å². The quantitative estimate of drug-likeness (QED) is 0.766. The Kier molecular flexibility index (Phi) is 2.67. The lowest BCUT2D eigenvalue weighted by molar-refractivity contribution is 0.406. The zero-order valence-electron chi connectivity index (χ0n) is 6.91. The number of fused-ring (bicyclic) bond motifs is 1. The number of halogens is 1. The van der Waals surface area contributed by atoms with Gasteiger partial charge in [0.15, 0.2) is 0 Å². The Morgan fingerprint density at radius 3 is 2.92 bits per heavy atom. The molecule has 13 heavy (non-hydrogen) atoms. The second-order valence-electron chi connectivity index (χ2n) is 2.51. The van der Waals surface area contributed by atoms with E-state index >= 15 is 0 Å². The van der Waals surface area contributed by atoms with E-state index in [2.05, 4.69) is 11.4 Å². The van der Waals surface area contributed by atoms with E-state index in [-0.39, 0.29) is 0 Å². The van der Waals surface area contributed by atoms with Crippen molar-refractivity contribution in [2.45, 2.75) is 4.90 Å². The largest absolute Gasteiger partial charge is 0.495 e. The maximum Gasteiger partial charge on any atom is 0.135 e. The third-order valence-corrected chi connectivity index (χ3v) is 3.94. The molecule has 0 aliphatic carbocycles. The second kappa shape index (κ2) is 3.78. The second-order valence-corrected chi connectivity index (χ2v) is 4.45. The first-order chi connectivity index (χ1) is 6.36. The van der Waals surface area contributed by atoms with Gasteiger partial charge < -0.3 is 4.74 Å². The van der Waals surface area contributed by atoms with Crippen LogP contribution in [-0.4, -0.2) is 7.11 Å². The average molecular weight is 231 g/mol. The number of hydrogen-bond acceptors (Lipinski definition) is 3. The molecule has 0 atom stereocenters. The summed E-state index contributed by atoms with van der Waals surface area (Å²) < 4.78 is 6.41. The molecule has 2 aromatic rings. The topological polar surface area (TPSA) is 9.23 Å². The van der Waals surface area contributed by atoms with Crippen LogP contribution in [0, 0.1) is 0 Å². The summed E-state index contributed by atoms with van der Waals surface area (Å²) in [5.41, 5.74) is 0. The van der Waals surface area contributed by atoms with Crippen LogP contribution in [0.3, 0.4) is 0 Å². The molecule has 0 fully saturated rings. The molecule has 0 aliphatic heterocycles. The predicted molar refractivity (Wildman–Crippen MR) is 60.1 cm³/mol. The maximum absolute atomic E-state index is 5.79. The molecular weight excluding hydrogens is 224 g/mol. The Morgan fingerprint density at radius 1 is 1.38 bits per heavy atom. The van der Waals surface area contributed by atoms with Crippen molar-refractivity contribution in [3.8, 4) is 5.75 Å². The molecule has 1 nitrogen and oxygen atoms in total. The van der Waals surface area contributed by atoms with Crippen LogP contribution in [0.25, 0.3) is 10.1 Å². The van der Waals surface area contributed by atoms with E-state index in [1.807, 2.05) is 12.1 Å². The Morgan fingerprint density at radius 2 is 2.23 bits per heavy atom. The minimum absolute atomic E-state index is 0.843. The van der Waals surface area contributed by atoms with Crippen LogP contribution in [-0.2, 0) is 0 Å². The predicted octanol–water partition coefficient (Wildman–Crippen LogP) is 4.16. The lowest BCUT2D eigenvalue weighted by Gasteiger charge is -2.04. The molecule has 0 radical (unpaired) electrons. The van der Waals surface area contributed by atoms with Crippen molar-refractivity contribution in [2.24, 2.45) is 0 Å². The molecule has 0 unspecified atom stereocenters. The number of ether oxygens (including phenoxy) is 1. The van der Waals surface area contributed by atoms with E-state index in [1.165, 1.54) is 21.1 Å². The molecule has 0 saturated heterocycles. The van der Waals surface area contributed by atoms with Gasteiger partial charge in [0.1, 0.15) is 5.75 Å². The van der Waals surface area contributed by atoms with Gasteiger partial charge in [0.2, 0.25) is 0 Å². The van der Waals surface area contributed by atoms with Gasteiger partial charge in [-0.15, -0.1) is 11.3 Å². The first kappa shape index (κ1) is 9.19. The normalized spacial score (nSPS) is 10.6. The van der Waals surface area contributed by atoms with Gasteiger partial charge in [-0.25, -0.2) is 0 Å². The fraction of sp³-hybridized carbons (Fsp3) is 0.111. The fourth-order valence-corrected chi connectivity index (χ4v) is 3.33. The van der Waals surface area contributed by atoms with Crippen molar-refractivity contribution in [1.82, 2.24) is 0 Å². The van der Waals surface area contributed by atoms with E-state index < -0.39 is 0 Å². The van der Waals surface area contributed by atoms with Crippen molar-refractivity contribution >= 4 is 43.1 Å². The molecule has 2 rings (SSSR count). The smallest absolute Gasteiger partial charge is 0.135 e. The summed E-state index contributed by atoms with van der Waals surface area (Å²) in [6, 6.07) is 6.07. The van der Waals surface area contributed by atoms with Crippen molar-refractivity contribution in [3.63, 3.8) is 0 Å². The molecule has 1 aromatic heterocycles. The molecule has 0 saturated carbocycles. The SMILES string of the molecule is COc1ccc2ccsc2c1SCl. The van der Waals surface area contributed by atoms with Crippen LogP contribution in [0.5, 0.6) is 5.75 Å². The number of rotatable bonds is 2. The van der Waals surface area contributed by atoms with Gasteiger partial charge in [0.05, 0.1) is 16.7 Å². The van der Waals surface area contributed by atoms with E-state index in [0.29, 0.717) is 0 Å². The van der Waals surface area contributed by atoms with E-state index in [1.54, 1.807) is 18.4 Å². The number of methoxy groups -OCH3 is 1. The Hall–Kier alpha value is -0.380. The number of thiophene rings is 1. The van der Waals surface area contributed by atoms with Gasteiger partial charge in [-0.2, -0.15) is 0 Å². The van der Waals surface area contributed by atoms with Gasteiger partial charge in [-0.3, -0.25) is 0 Å². The first-order valence-corrected chi connectivity index (χ1v) is 6.22. The zero-order valence-corrected chi connectivity index (χ0v) is 9.30. The van der Waals surface area contributed by atoms with Crippen molar-refractivity contribution in [1.29, 1.82) is 0 Å². The van der Waals surface area contributed by atoms with Gasteiger partial charge in [-0.1, -0.05) is 0 Å². The molecule has 0 amide bonds. The summed E-state index contributed by atoms with van der Waals surface area (Å²) in [6.45, 7) is 0. The third-order valence-electron chi connectivity index (χ3n) is 1.84. The zero-order chi connectivity index (χ0) is 9.26. The average Bonchev–Trinajstić information content (AvgIpc) is 2.63. The first-order valence-electron chi connectivity index (χ1n) is 3.69. The monoisotopic (exact) mass is 230 g/mol. The summed E-state index contributed by atoms with van der Waals surface area (Å²) in [6.07, 6.45) is 0. The van der Waals surface area contributed by atoms with Gasteiger partial charge >= 0.3 is 0 Å². The molecule has 0 N–H and O–H groups in total. The maximum atomic E-state index is 5.79. The summed E-state index contributed by atoms with van der Waals surface area (Å²) in [7, 11) is 8.66. The minimum Gasteiger partial charge on any atom is -0.495 e. The Bertz CT molecular complexity index is 424. The number of benzene rings is 1. The molecule has 68 valence electrons. The van der Waals surface area contributed by atoms with Gasteiger partial charge in [0, 0.05) is 0 Å². The van der Waals surface area contributed by atoms with Crippen LogP contribution in [0.4, 0.5) is 0 Å². The molecule has 0 bridgehead atoms. The van der Waals surface area contributed by atoms with Crippen molar-refractivity contribution < 1.29 is 4.74 Å². The van der Waals surface area contributed by atoms with Crippen LogP contribution in [0.15, 0.2) is 28.5 Å². The van der Waals surface area contributed by atoms with Crippen LogP contribution in [0.1, 0.15) is 0 Å². The highest BCUT2D eigenvalue weighted by atomic mass is 35.7. The minimum atomic E-state index is 0.843. The summed E-state index contributed by atoms with van der Waals surface area (Å²) in [5, 5.41) is 3.27. The van der Waals surface area contributed by atoms with E-state index in [0.717, 1.165) is 10.6 Å². The standard InChI is InChI=1S/C9H7ClOS2/c1-11-7-3-2-6-4-5-12-8(6)9(7)13-10/h2-5H,1H3. The van der Waals surface area contributed by atoms with Crippen molar-refractivity contribution in [2.75, 3.05) is 7.11 Å². The van der Waals surface area contributed by atoms with Crippen LogP contribution < -0.4 is 4.74 Å². The highest BCUT2D eigenvalue weighted by Gasteiger charge is 2.08. The lowest BCUT2D eigenvalue weighted by Crippen LogP contribution is -1.84. The molecule has 1 heterocycles. The Balaban J connectivity index is 2.74. The highest BCUT2D eigenvalue weighted by molar-refractivity contribution is 8.21. The summed E-state index contributed by atoms with van der Waals surface area (Å²) >= 11 is 1.68. The molecule has 0 spiro atoms. The lowest BCUT2D eigenvalue weighted by atomic mass is 10.2. The van der Waals surface area contributed by atoms with Crippen LogP contribution in [0.2, 0.25) is 0 Å². The summed E-state index contributed by atoms with van der Waals surface area (Å²) in [4.78, 5) is 1.01. The van der Waals surface area contributed by atoms with Crippen molar-refractivity contribution in [3.05, 3.63) is 23.6 Å². The van der Waals surface area contributed by atoms with Gasteiger partial charge in [-0.05, 0) is 50.6 Å². The molecule has 4 heteroatoms. The highest BCUT2D eigenvalue weighted by Crippen LogP contribution is 2.40. The van der Waals surface area contributed by atoms with E-state index in [4.69, 9.17) is 15.4 Å². The Labute approximate surface area is 89.2 Å². The molecule has 1 aromatic carbocycles. The van der Waals surface area contributed by atoms with E-state index in [9.17, 15) is 0 Å². The summed E-state index contributed by atoms with van der Waals surface area (Å²) in [5.74, 6) is 0.843. The molecular formula is C9H7ClOS2. The molecule has 0 aliphatic rings.